The van der Waals surface area contributed by atoms with Crippen molar-refractivity contribution in [1.29, 1.82) is 0 Å². The second-order valence-corrected chi connectivity index (χ2v) is 16.0. The van der Waals surface area contributed by atoms with Crippen LogP contribution in [0.1, 0.15) is 45.6 Å². The summed E-state index contributed by atoms with van der Waals surface area (Å²) >= 11 is 6.21. The molecule has 0 spiro atoms. The van der Waals surface area contributed by atoms with Gasteiger partial charge in [0.15, 0.2) is 5.82 Å². The Morgan fingerprint density at radius 2 is 1.69 bits per heavy atom. The first kappa shape index (κ1) is 30.7. The molecule has 1 fully saturated rings. The highest BCUT2D eigenvalue weighted by molar-refractivity contribution is 6.83. The molecular formula is C33H35ClN6O4Si. The topological polar surface area (TPSA) is 113 Å². The SMILES string of the molecule is COc1ccc2c(c1)C(c1ccc(Cl)cc1)=NC(CC(=O)N1CCN(C(=O)c3cccc([Si](C)(C)O)c3)CC1)c1nnc(C)n1-2. The molecule has 2 aliphatic heterocycles. The van der Waals surface area contributed by atoms with Crippen molar-refractivity contribution >= 4 is 42.6 Å². The number of aryl methyl sites for hydroxylation is 1. The molecule has 1 unspecified atom stereocenters. The Balaban J connectivity index is 1.25. The van der Waals surface area contributed by atoms with Crippen LogP contribution in [0.2, 0.25) is 18.1 Å². The van der Waals surface area contributed by atoms with Gasteiger partial charge in [0, 0.05) is 47.9 Å². The number of aliphatic imine (C=N–C) groups is 1. The summed E-state index contributed by atoms with van der Waals surface area (Å²) in [6.45, 7) is 7.20. The molecule has 2 amide bonds. The number of aromatic nitrogens is 3. The van der Waals surface area contributed by atoms with E-state index in [1.54, 1.807) is 29.0 Å². The van der Waals surface area contributed by atoms with Crippen LogP contribution in [0.25, 0.3) is 5.69 Å². The number of nitrogens with zero attached hydrogens (tertiary/aromatic N) is 6. The van der Waals surface area contributed by atoms with Gasteiger partial charge < -0.3 is 19.3 Å². The summed E-state index contributed by atoms with van der Waals surface area (Å²) in [6.07, 6.45) is 0.0898. The number of piperazine rings is 1. The van der Waals surface area contributed by atoms with E-state index in [4.69, 9.17) is 21.3 Å². The van der Waals surface area contributed by atoms with Crippen LogP contribution in [0.3, 0.4) is 0 Å². The third-order valence-electron chi connectivity index (χ3n) is 8.35. The number of carbonyl (C=O) groups excluding carboxylic acids is 2. The summed E-state index contributed by atoms with van der Waals surface area (Å²) < 4.78 is 7.51. The Labute approximate surface area is 268 Å². The van der Waals surface area contributed by atoms with Gasteiger partial charge >= 0.3 is 0 Å². The van der Waals surface area contributed by atoms with E-state index in [9.17, 15) is 14.4 Å². The molecular weight excluding hydrogens is 608 g/mol. The van der Waals surface area contributed by atoms with E-state index in [0.29, 0.717) is 59.9 Å². The maximum atomic E-state index is 13.8. The third-order valence-corrected chi connectivity index (χ3v) is 10.3. The molecule has 0 aliphatic carbocycles. The number of halogens is 1. The van der Waals surface area contributed by atoms with Crippen LogP contribution in [0.15, 0.2) is 71.7 Å². The minimum atomic E-state index is -2.55. The summed E-state index contributed by atoms with van der Waals surface area (Å²) in [7, 11) is -0.926. The molecule has 1 N–H and O–H groups in total. The molecule has 3 heterocycles. The number of hydrogen-bond donors (Lipinski definition) is 1. The summed E-state index contributed by atoms with van der Waals surface area (Å²) in [5.74, 6) is 1.78. The molecule has 0 saturated carbocycles. The monoisotopic (exact) mass is 642 g/mol. The molecule has 3 aromatic carbocycles. The highest BCUT2D eigenvalue weighted by atomic mass is 35.5. The van der Waals surface area contributed by atoms with Crippen LogP contribution in [0.5, 0.6) is 5.75 Å². The summed E-state index contributed by atoms with van der Waals surface area (Å²) in [6, 6.07) is 19.9. The molecule has 10 nitrogen and oxygen atoms in total. The van der Waals surface area contributed by atoms with Crippen molar-refractivity contribution < 1.29 is 19.1 Å². The average molecular weight is 643 g/mol. The molecule has 45 heavy (non-hydrogen) atoms. The fourth-order valence-electron chi connectivity index (χ4n) is 5.85. The van der Waals surface area contributed by atoms with Crippen molar-refractivity contribution in [3.05, 3.63) is 100 Å². The number of amides is 2. The second-order valence-electron chi connectivity index (χ2n) is 11.8. The van der Waals surface area contributed by atoms with E-state index in [0.717, 1.165) is 22.0 Å². The summed E-state index contributed by atoms with van der Waals surface area (Å²) in [4.78, 5) is 46.3. The van der Waals surface area contributed by atoms with Gasteiger partial charge in [-0.3, -0.25) is 19.1 Å². The first-order chi connectivity index (χ1) is 21.5. The highest BCUT2D eigenvalue weighted by Crippen LogP contribution is 2.35. The smallest absolute Gasteiger partial charge is 0.253 e. The number of rotatable bonds is 6. The zero-order valence-electron chi connectivity index (χ0n) is 25.7. The average Bonchev–Trinajstić information content (AvgIpc) is 3.37. The Morgan fingerprint density at radius 1 is 0.978 bits per heavy atom. The Kier molecular flexibility index (Phi) is 8.34. The lowest BCUT2D eigenvalue weighted by molar-refractivity contribution is -0.133. The lowest BCUT2D eigenvalue weighted by Gasteiger charge is -2.35. The van der Waals surface area contributed by atoms with Crippen molar-refractivity contribution in [2.45, 2.75) is 32.5 Å². The van der Waals surface area contributed by atoms with Gasteiger partial charge in [0.1, 0.15) is 17.6 Å². The predicted octanol–water partition coefficient (Wildman–Crippen LogP) is 3.91. The first-order valence-electron chi connectivity index (χ1n) is 14.9. The molecule has 1 saturated heterocycles. The van der Waals surface area contributed by atoms with Gasteiger partial charge in [0.05, 0.1) is 24.9 Å². The molecule has 1 atom stereocenters. The summed E-state index contributed by atoms with van der Waals surface area (Å²) in [5.41, 5.74) is 3.79. The van der Waals surface area contributed by atoms with E-state index in [1.165, 1.54) is 0 Å². The van der Waals surface area contributed by atoms with Crippen LogP contribution in [-0.2, 0) is 4.79 Å². The zero-order chi connectivity index (χ0) is 31.9. The second kappa shape index (κ2) is 12.2. The molecule has 6 rings (SSSR count). The van der Waals surface area contributed by atoms with Gasteiger partial charge in [0.2, 0.25) is 14.2 Å². The minimum absolute atomic E-state index is 0.0722. The number of carbonyl (C=O) groups is 2. The Bertz CT molecular complexity index is 1790. The molecule has 0 radical (unpaired) electrons. The van der Waals surface area contributed by atoms with E-state index in [2.05, 4.69) is 10.2 Å². The Hall–Kier alpha value is -4.32. The van der Waals surface area contributed by atoms with Crippen molar-refractivity contribution in [2.75, 3.05) is 33.3 Å². The van der Waals surface area contributed by atoms with Crippen LogP contribution >= 0.6 is 11.6 Å². The van der Waals surface area contributed by atoms with Crippen molar-refractivity contribution in [3.8, 4) is 11.4 Å². The molecule has 232 valence electrons. The molecule has 1 aromatic heterocycles. The molecule has 2 aliphatic rings. The minimum Gasteiger partial charge on any atom is -0.497 e. The van der Waals surface area contributed by atoms with Gasteiger partial charge in [0.25, 0.3) is 5.91 Å². The number of methoxy groups -OCH3 is 1. The molecule has 12 heteroatoms. The van der Waals surface area contributed by atoms with Crippen LogP contribution < -0.4 is 9.92 Å². The van der Waals surface area contributed by atoms with Crippen molar-refractivity contribution in [1.82, 2.24) is 24.6 Å². The largest absolute Gasteiger partial charge is 0.497 e. The van der Waals surface area contributed by atoms with E-state index in [1.807, 2.05) is 79.2 Å². The maximum Gasteiger partial charge on any atom is 0.253 e. The van der Waals surface area contributed by atoms with E-state index >= 15 is 0 Å². The van der Waals surface area contributed by atoms with Gasteiger partial charge in [-0.2, -0.15) is 0 Å². The highest BCUT2D eigenvalue weighted by Gasteiger charge is 2.33. The molecule has 4 aromatic rings. The van der Waals surface area contributed by atoms with Crippen LogP contribution in [0, 0.1) is 6.92 Å². The normalized spacial score (nSPS) is 16.4. The number of benzene rings is 3. The van der Waals surface area contributed by atoms with Crippen molar-refractivity contribution in [3.63, 3.8) is 0 Å². The zero-order valence-corrected chi connectivity index (χ0v) is 27.5. The maximum absolute atomic E-state index is 13.8. The lowest BCUT2D eigenvalue weighted by atomic mass is 10.00. The fraction of sp³-hybridized carbons (Fsp3) is 0.303. The van der Waals surface area contributed by atoms with Gasteiger partial charge in [-0.15, -0.1) is 10.2 Å². The van der Waals surface area contributed by atoms with Gasteiger partial charge in [-0.1, -0.05) is 35.9 Å². The number of fused-ring (bicyclic) bond motifs is 3. The van der Waals surface area contributed by atoms with E-state index in [-0.39, 0.29) is 18.2 Å². The quantitative estimate of drug-likeness (QED) is 0.319. The predicted molar refractivity (Wildman–Crippen MR) is 175 cm³/mol. The standard InChI is InChI=1S/C33H35ClN6O4Si/c1-21-36-37-32-28(35-31(22-8-10-24(34)11-9-22)27-19-25(44-2)12-13-29(27)40(21)32)20-30(41)38-14-16-39(17-15-38)33(42)23-6-5-7-26(18-23)45(3,4)43/h5-13,18-19,28,43H,14-17,20H2,1-4H3. The fourth-order valence-corrected chi connectivity index (χ4v) is 6.98. The van der Waals surface area contributed by atoms with E-state index < -0.39 is 14.4 Å². The van der Waals surface area contributed by atoms with Crippen LogP contribution in [0.4, 0.5) is 0 Å². The Morgan fingerprint density at radius 3 is 2.38 bits per heavy atom. The van der Waals surface area contributed by atoms with Crippen LogP contribution in [-0.4, -0.2) is 88.5 Å². The van der Waals surface area contributed by atoms with Crippen molar-refractivity contribution in [2.24, 2.45) is 4.99 Å². The van der Waals surface area contributed by atoms with Gasteiger partial charge in [-0.05, 0) is 67.7 Å². The lowest BCUT2D eigenvalue weighted by Crippen LogP contribution is -2.51. The number of hydrogen-bond acceptors (Lipinski definition) is 7. The number of ether oxygens (including phenoxy) is 1. The van der Waals surface area contributed by atoms with Gasteiger partial charge in [-0.25, -0.2) is 0 Å². The summed E-state index contributed by atoms with van der Waals surface area (Å²) in [5, 5.41) is 10.3. The third kappa shape index (κ3) is 6.15. The first-order valence-corrected chi connectivity index (χ1v) is 18.2. The molecule has 0 bridgehead atoms.